The first kappa shape index (κ1) is 21.2. The number of ether oxygens (including phenoxy) is 1. The molecule has 0 saturated heterocycles. The maximum absolute atomic E-state index is 12.8. The Bertz CT molecular complexity index is 1020. The molecule has 28 heavy (non-hydrogen) atoms. The highest BCUT2D eigenvalue weighted by atomic mass is 32.2. The lowest BCUT2D eigenvalue weighted by Gasteiger charge is -2.14. The normalized spacial score (nSPS) is 11.2. The van der Waals surface area contributed by atoms with Gasteiger partial charge in [0, 0.05) is 18.2 Å². The van der Waals surface area contributed by atoms with E-state index in [4.69, 9.17) is 4.74 Å². The summed E-state index contributed by atoms with van der Waals surface area (Å²) in [4.78, 5) is 22.5. The predicted molar refractivity (Wildman–Crippen MR) is 104 cm³/mol. The second kappa shape index (κ2) is 8.26. The molecule has 2 N–H and O–H groups in total. The zero-order valence-electron chi connectivity index (χ0n) is 15.8. The SMILES string of the molecule is COc1ccc(S(=O)(=O)Nc2cc([N+](=O)[O-])ccc2C)cc1C(=O)NC(C)C. The minimum atomic E-state index is -4.10. The average Bonchev–Trinajstić information content (AvgIpc) is 2.62. The van der Waals surface area contributed by atoms with Crippen molar-refractivity contribution in [3.05, 3.63) is 57.6 Å². The van der Waals surface area contributed by atoms with Crippen LogP contribution in [0.25, 0.3) is 0 Å². The summed E-state index contributed by atoms with van der Waals surface area (Å²) < 4.78 is 33.0. The number of hydrogen-bond acceptors (Lipinski definition) is 6. The van der Waals surface area contributed by atoms with Crippen molar-refractivity contribution in [2.24, 2.45) is 0 Å². The van der Waals surface area contributed by atoms with Crippen molar-refractivity contribution in [2.75, 3.05) is 11.8 Å². The van der Waals surface area contributed by atoms with Crippen molar-refractivity contribution in [2.45, 2.75) is 31.7 Å². The minimum absolute atomic E-state index is 0.0647. The number of carbonyl (C=O) groups is 1. The molecule has 0 unspecified atom stereocenters. The molecule has 0 bridgehead atoms. The van der Waals surface area contributed by atoms with E-state index >= 15 is 0 Å². The molecular weight excluding hydrogens is 386 g/mol. The van der Waals surface area contributed by atoms with E-state index in [0.717, 1.165) is 6.07 Å². The van der Waals surface area contributed by atoms with E-state index in [-0.39, 0.29) is 33.6 Å². The lowest BCUT2D eigenvalue weighted by Crippen LogP contribution is -2.30. The van der Waals surface area contributed by atoms with Crippen LogP contribution in [0.2, 0.25) is 0 Å². The Balaban J connectivity index is 2.45. The molecular formula is C18H21N3O6S. The van der Waals surface area contributed by atoms with Crippen LogP contribution in [0.15, 0.2) is 41.3 Å². The van der Waals surface area contributed by atoms with Gasteiger partial charge in [-0.3, -0.25) is 19.6 Å². The Labute approximate surface area is 162 Å². The molecule has 0 saturated carbocycles. The molecule has 0 aliphatic rings. The lowest BCUT2D eigenvalue weighted by atomic mass is 10.2. The number of hydrogen-bond donors (Lipinski definition) is 2. The number of benzene rings is 2. The Morgan fingerprint density at radius 2 is 1.86 bits per heavy atom. The quantitative estimate of drug-likeness (QED) is 0.537. The fraction of sp³-hybridized carbons (Fsp3) is 0.278. The summed E-state index contributed by atoms with van der Waals surface area (Å²) in [5.41, 5.74) is 0.420. The van der Waals surface area contributed by atoms with E-state index < -0.39 is 20.9 Å². The van der Waals surface area contributed by atoms with Gasteiger partial charge in [0.05, 0.1) is 28.2 Å². The molecule has 0 spiro atoms. The third kappa shape index (κ3) is 4.77. The lowest BCUT2D eigenvalue weighted by molar-refractivity contribution is -0.384. The molecule has 2 rings (SSSR count). The molecule has 0 aliphatic heterocycles. The molecule has 0 aromatic heterocycles. The highest BCUT2D eigenvalue weighted by Gasteiger charge is 2.22. The average molecular weight is 407 g/mol. The molecule has 1 amide bonds. The van der Waals surface area contributed by atoms with E-state index in [1.807, 2.05) is 0 Å². The number of non-ortho nitro benzene ring substituents is 1. The Morgan fingerprint density at radius 1 is 1.18 bits per heavy atom. The van der Waals surface area contributed by atoms with Gasteiger partial charge in [0.25, 0.3) is 21.6 Å². The highest BCUT2D eigenvalue weighted by molar-refractivity contribution is 7.92. The van der Waals surface area contributed by atoms with Crippen LogP contribution in [0.1, 0.15) is 29.8 Å². The molecule has 0 fully saturated rings. The van der Waals surface area contributed by atoms with Crippen LogP contribution in [0.5, 0.6) is 5.75 Å². The fourth-order valence-corrected chi connectivity index (χ4v) is 3.56. The fourth-order valence-electron chi connectivity index (χ4n) is 2.41. The predicted octanol–water partition coefficient (Wildman–Crippen LogP) is 2.85. The van der Waals surface area contributed by atoms with Gasteiger partial charge in [0.2, 0.25) is 0 Å². The Hall–Kier alpha value is -3.14. The van der Waals surface area contributed by atoms with Crippen LogP contribution >= 0.6 is 0 Å². The third-order valence-electron chi connectivity index (χ3n) is 3.82. The number of nitro benzene ring substituents is 1. The van der Waals surface area contributed by atoms with Gasteiger partial charge in [-0.05, 0) is 44.5 Å². The standard InChI is InChI=1S/C18H21N3O6S/c1-11(2)19-18(22)15-10-14(7-8-17(15)27-4)28(25,26)20-16-9-13(21(23)24)6-5-12(16)3/h5-11,20H,1-4H3,(H,19,22). The number of amides is 1. The van der Waals surface area contributed by atoms with Crippen molar-refractivity contribution in [3.63, 3.8) is 0 Å². The largest absolute Gasteiger partial charge is 0.496 e. The number of sulfonamides is 1. The number of methoxy groups -OCH3 is 1. The van der Waals surface area contributed by atoms with Crippen LogP contribution in [0.3, 0.4) is 0 Å². The van der Waals surface area contributed by atoms with Crippen molar-refractivity contribution in [1.29, 1.82) is 0 Å². The van der Waals surface area contributed by atoms with Crippen LogP contribution in [-0.2, 0) is 10.0 Å². The summed E-state index contributed by atoms with van der Waals surface area (Å²) in [6.07, 6.45) is 0. The summed E-state index contributed by atoms with van der Waals surface area (Å²) in [6, 6.07) is 7.60. The monoisotopic (exact) mass is 407 g/mol. The van der Waals surface area contributed by atoms with Gasteiger partial charge in [-0.15, -0.1) is 0 Å². The topological polar surface area (TPSA) is 128 Å². The molecule has 2 aromatic rings. The maximum atomic E-state index is 12.8. The first-order valence-electron chi connectivity index (χ1n) is 8.32. The summed E-state index contributed by atoms with van der Waals surface area (Å²) in [5.74, 6) is -0.251. The molecule has 0 radical (unpaired) electrons. The van der Waals surface area contributed by atoms with Crippen molar-refractivity contribution in [1.82, 2.24) is 5.32 Å². The number of nitrogens with one attached hydrogen (secondary N) is 2. The van der Waals surface area contributed by atoms with Gasteiger partial charge in [0.15, 0.2) is 0 Å². The minimum Gasteiger partial charge on any atom is -0.496 e. The molecule has 2 aromatic carbocycles. The summed E-state index contributed by atoms with van der Waals surface area (Å²) in [6.45, 7) is 5.17. The number of anilines is 1. The van der Waals surface area contributed by atoms with Gasteiger partial charge in [0.1, 0.15) is 5.75 Å². The van der Waals surface area contributed by atoms with Gasteiger partial charge in [-0.25, -0.2) is 8.42 Å². The number of nitrogens with zero attached hydrogens (tertiary/aromatic N) is 1. The van der Waals surface area contributed by atoms with Crippen molar-refractivity contribution in [3.8, 4) is 5.75 Å². The third-order valence-corrected chi connectivity index (χ3v) is 5.19. The van der Waals surface area contributed by atoms with Gasteiger partial charge < -0.3 is 10.1 Å². The number of carbonyl (C=O) groups excluding carboxylic acids is 1. The van der Waals surface area contributed by atoms with Crippen LogP contribution < -0.4 is 14.8 Å². The smallest absolute Gasteiger partial charge is 0.271 e. The maximum Gasteiger partial charge on any atom is 0.271 e. The highest BCUT2D eigenvalue weighted by Crippen LogP contribution is 2.27. The van der Waals surface area contributed by atoms with Crippen LogP contribution in [0.4, 0.5) is 11.4 Å². The number of nitro groups is 1. The summed E-state index contributed by atoms with van der Waals surface area (Å²) in [7, 11) is -2.72. The zero-order valence-corrected chi connectivity index (χ0v) is 16.7. The molecule has 0 atom stereocenters. The van der Waals surface area contributed by atoms with E-state index in [0.29, 0.717) is 5.56 Å². The van der Waals surface area contributed by atoms with E-state index in [2.05, 4.69) is 10.0 Å². The van der Waals surface area contributed by atoms with Gasteiger partial charge in [-0.1, -0.05) is 6.07 Å². The van der Waals surface area contributed by atoms with E-state index in [9.17, 15) is 23.3 Å². The summed E-state index contributed by atoms with van der Waals surface area (Å²) in [5, 5.41) is 13.6. The Kier molecular flexibility index (Phi) is 6.24. The van der Waals surface area contributed by atoms with Crippen molar-refractivity contribution >= 4 is 27.3 Å². The van der Waals surface area contributed by atoms with Gasteiger partial charge in [-0.2, -0.15) is 0 Å². The molecule has 150 valence electrons. The Morgan fingerprint density at radius 3 is 2.43 bits per heavy atom. The van der Waals surface area contributed by atoms with E-state index in [1.165, 1.54) is 37.4 Å². The van der Waals surface area contributed by atoms with Gasteiger partial charge >= 0.3 is 0 Å². The second-order valence-electron chi connectivity index (χ2n) is 6.35. The number of aryl methyl sites for hydroxylation is 1. The molecule has 10 heteroatoms. The first-order valence-corrected chi connectivity index (χ1v) is 9.80. The molecule has 9 nitrogen and oxygen atoms in total. The number of rotatable bonds is 7. The van der Waals surface area contributed by atoms with Crippen LogP contribution in [0, 0.1) is 17.0 Å². The molecule has 0 heterocycles. The zero-order chi connectivity index (χ0) is 21.1. The second-order valence-corrected chi connectivity index (χ2v) is 8.03. The van der Waals surface area contributed by atoms with Crippen molar-refractivity contribution < 1.29 is 22.9 Å². The summed E-state index contributed by atoms with van der Waals surface area (Å²) >= 11 is 0. The van der Waals surface area contributed by atoms with E-state index in [1.54, 1.807) is 20.8 Å². The van der Waals surface area contributed by atoms with Crippen LogP contribution in [-0.4, -0.2) is 32.4 Å². The molecule has 0 aliphatic carbocycles. The first-order chi connectivity index (χ1) is 13.0.